The van der Waals surface area contributed by atoms with Crippen LogP contribution in [-0.2, 0) is 24.0 Å². The van der Waals surface area contributed by atoms with E-state index in [4.69, 9.17) is 0 Å². The van der Waals surface area contributed by atoms with Gasteiger partial charge in [-0.1, -0.05) is 26.2 Å². The van der Waals surface area contributed by atoms with Crippen LogP contribution in [-0.4, -0.2) is 94.5 Å². The Morgan fingerprint density at radius 2 is 1.59 bits per heavy atom. The van der Waals surface area contributed by atoms with Crippen LogP contribution in [0, 0.1) is 11.8 Å². The largest absolute Gasteiger partial charge is 0.481 e. The number of nitrogens with zero attached hydrogens (tertiary/aromatic N) is 2. The first-order valence-corrected chi connectivity index (χ1v) is 14.7. The van der Waals surface area contributed by atoms with Gasteiger partial charge in [0, 0.05) is 19.0 Å². The van der Waals surface area contributed by atoms with Crippen LogP contribution in [0.2, 0.25) is 0 Å². The lowest BCUT2D eigenvalue weighted by molar-refractivity contribution is -0.151. The van der Waals surface area contributed by atoms with Gasteiger partial charge in [0.05, 0.1) is 13.0 Å². The molecular formula is C28H48N4O7. The van der Waals surface area contributed by atoms with Gasteiger partial charge in [-0.3, -0.25) is 24.0 Å². The van der Waals surface area contributed by atoms with Crippen LogP contribution in [0.5, 0.6) is 0 Å². The Kier molecular flexibility index (Phi) is 14.3. The minimum Gasteiger partial charge on any atom is -0.481 e. The van der Waals surface area contributed by atoms with E-state index >= 15 is 0 Å². The normalized spacial score (nSPS) is 18.1. The lowest BCUT2D eigenvalue weighted by atomic mass is 9.82. The fourth-order valence-electron chi connectivity index (χ4n) is 6.07. The van der Waals surface area contributed by atoms with Gasteiger partial charge in [0.1, 0.15) is 12.6 Å². The predicted molar refractivity (Wildman–Crippen MR) is 146 cm³/mol. The van der Waals surface area contributed by atoms with Crippen LogP contribution < -0.4 is 10.6 Å². The molecule has 0 radical (unpaired) electrons. The molecule has 0 aromatic carbocycles. The second-order valence-electron chi connectivity index (χ2n) is 10.9. The summed E-state index contributed by atoms with van der Waals surface area (Å²) in [5, 5.41) is 24.8. The van der Waals surface area contributed by atoms with Crippen molar-refractivity contribution >= 4 is 29.7 Å². The van der Waals surface area contributed by atoms with Gasteiger partial charge in [0.2, 0.25) is 17.7 Å². The molecule has 0 aromatic rings. The molecule has 2 aliphatic rings. The Morgan fingerprint density at radius 3 is 2.15 bits per heavy atom. The Labute approximate surface area is 232 Å². The molecule has 2 rings (SSSR count). The molecule has 3 amide bonds. The van der Waals surface area contributed by atoms with Crippen LogP contribution in [0.15, 0.2) is 0 Å². The van der Waals surface area contributed by atoms with Crippen molar-refractivity contribution in [1.82, 2.24) is 20.4 Å². The number of carbonyl (C=O) groups is 5. The SMILES string of the molecule is CCC(C1CCCCC1)N(CC(=O)O)C(=O)[C@H](CC(=O)O)NC(=O)CN(CC)C(=O)CCCC1CCNCC1. The molecule has 0 spiro atoms. The molecule has 1 aliphatic heterocycles. The quantitative estimate of drug-likeness (QED) is 0.227. The number of likely N-dealkylation sites (N-methyl/N-ethyl adjacent to an activating group) is 1. The maximum absolute atomic E-state index is 13.6. The van der Waals surface area contributed by atoms with E-state index in [9.17, 15) is 34.2 Å². The molecule has 222 valence electrons. The maximum atomic E-state index is 13.6. The summed E-state index contributed by atoms with van der Waals surface area (Å²) in [6, 6.07) is -1.77. The number of hydrogen-bond acceptors (Lipinski definition) is 6. The second-order valence-corrected chi connectivity index (χ2v) is 10.9. The molecule has 2 atom stereocenters. The molecule has 0 bridgehead atoms. The summed E-state index contributed by atoms with van der Waals surface area (Å²) >= 11 is 0. The zero-order valence-electron chi connectivity index (χ0n) is 23.7. The van der Waals surface area contributed by atoms with Crippen molar-refractivity contribution in [1.29, 1.82) is 0 Å². The number of carbonyl (C=O) groups excluding carboxylic acids is 3. The number of hydrogen-bond donors (Lipinski definition) is 4. The highest BCUT2D eigenvalue weighted by atomic mass is 16.4. The average molecular weight is 553 g/mol. The zero-order chi connectivity index (χ0) is 28.8. The minimum atomic E-state index is -1.42. The monoisotopic (exact) mass is 552 g/mol. The number of carboxylic acids is 2. The summed E-state index contributed by atoms with van der Waals surface area (Å²) in [4.78, 5) is 65.2. The summed E-state index contributed by atoms with van der Waals surface area (Å²) in [6.07, 6.45) is 8.97. The molecule has 11 nitrogen and oxygen atoms in total. The molecule has 11 heteroatoms. The first-order valence-electron chi connectivity index (χ1n) is 14.7. The second kappa shape index (κ2) is 17.1. The van der Waals surface area contributed by atoms with E-state index in [2.05, 4.69) is 10.6 Å². The molecule has 1 heterocycles. The molecule has 1 aliphatic carbocycles. The van der Waals surface area contributed by atoms with Crippen LogP contribution in [0.4, 0.5) is 0 Å². The van der Waals surface area contributed by atoms with Crippen LogP contribution in [0.25, 0.3) is 0 Å². The van der Waals surface area contributed by atoms with Crippen molar-refractivity contribution in [3.8, 4) is 0 Å². The molecule has 4 N–H and O–H groups in total. The third-order valence-electron chi connectivity index (χ3n) is 8.14. The third kappa shape index (κ3) is 11.1. The molecule has 0 aromatic heterocycles. The highest BCUT2D eigenvalue weighted by Crippen LogP contribution is 2.31. The highest BCUT2D eigenvalue weighted by molar-refractivity contribution is 5.93. The van der Waals surface area contributed by atoms with Gasteiger partial charge in [0.25, 0.3) is 0 Å². The maximum Gasteiger partial charge on any atom is 0.323 e. The van der Waals surface area contributed by atoms with Crippen LogP contribution in [0.1, 0.15) is 90.9 Å². The van der Waals surface area contributed by atoms with Gasteiger partial charge in [-0.25, -0.2) is 0 Å². The van der Waals surface area contributed by atoms with Crippen molar-refractivity contribution in [2.75, 3.05) is 32.7 Å². The smallest absolute Gasteiger partial charge is 0.323 e. The molecule has 1 unspecified atom stereocenters. The van der Waals surface area contributed by atoms with E-state index in [1.807, 2.05) is 6.92 Å². The predicted octanol–water partition coefficient (Wildman–Crippen LogP) is 2.24. The number of aliphatic carboxylic acids is 2. The van der Waals surface area contributed by atoms with E-state index < -0.39 is 42.8 Å². The number of nitrogens with one attached hydrogen (secondary N) is 2. The third-order valence-corrected chi connectivity index (χ3v) is 8.14. The van der Waals surface area contributed by atoms with Gasteiger partial charge >= 0.3 is 11.9 Å². The summed E-state index contributed by atoms with van der Waals surface area (Å²) < 4.78 is 0. The van der Waals surface area contributed by atoms with Gasteiger partial charge in [0.15, 0.2) is 0 Å². The Hall–Kier alpha value is -2.69. The molecule has 1 saturated heterocycles. The first kappa shape index (κ1) is 32.5. The van der Waals surface area contributed by atoms with Gasteiger partial charge in [-0.2, -0.15) is 0 Å². The number of carboxylic acid groups (broad SMARTS) is 2. The zero-order valence-corrected chi connectivity index (χ0v) is 23.7. The molecule has 2 fully saturated rings. The van der Waals surface area contributed by atoms with Crippen LogP contribution >= 0.6 is 0 Å². The van der Waals surface area contributed by atoms with E-state index in [1.165, 1.54) is 9.80 Å². The fourth-order valence-corrected chi connectivity index (χ4v) is 6.07. The van der Waals surface area contributed by atoms with Crippen LogP contribution in [0.3, 0.4) is 0 Å². The minimum absolute atomic E-state index is 0.131. The van der Waals surface area contributed by atoms with Crippen molar-refractivity contribution in [3.05, 3.63) is 0 Å². The van der Waals surface area contributed by atoms with E-state index in [0.29, 0.717) is 25.3 Å². The lowest BCUT2D eigenvalue weighted by Crippen LogP contribution is -2.56. The molecule has 39 heavy (non-hydrogen) atoms. The van der Waals surface area contributed by atoms with Gasteiger partial charge < -0.3 is 30.6 Å². The van der Waals surface area contributed by atoms with Gasteiger partial charge in [-0.15, -0.1) is 0 Å². The summed E-state index contributed by atoms with van der Waals surface area (Å²) in [7, 11) is 0. The van der Waals surface area contributed by atoms with E-state index in [0.717, 1.165) is 70.9 Å². The van der Waals surface area contributed by atoms with Crippen molar-refractivity contribution in [3.63, 3.8) is 0 Å². The van der Waals surface area contributed by atoms with Crippen molar-refractivity contribution in [2.45, 2.75) is 103 Å². The number of amides is 3. The topological polar surface area (TPSA) is 156 Å². The molecule has 1 saturated carbocycles. The van der Waals surface area contributed by atoms with E-state index in [-0.39, 0.29) is 24.4 Å². The Morgan fingerprint density at radius 1 is 0.923 bits per heavy atom. The average Bonchev–Trinajstić information content (AvgIpc) is 2.91. The Balaban J connectivity index is 2.04. The van der Waals surface area contributed by atoms with Gasteiger partial charge in [-0.05, 0) is 76.8 Å². The highest BCUT2D eigenvalue weighted by Gasteiger charge is 2.36. The standard InChI is InChI=1S/C28H48N4O7/c1-3-23(21-10-6-5-7-11-21)32(19-27(37)38)28(39)22(17-26(35)36)30-24(33)18-31(4-2)25(34)12-8-9-20-13-15-29-16-14-20/h20-23,29H,3-19H2,1-2H3,(H,30,33)(H,35,36)(H,37,38)/t22-,23?/m0/s1. The van der Waals surface area contributed by atoms with Crippen molar-refractivity contribution < 1.29 is 34.2 Å². The summed E-state index contributed by atoms with van der Waals surface area (Å²) in [5.41, 5.74) is 0. The Bertz CT molecular complexity index is 825. The molecular weight excluding hydrogens is 504 g/mol. The summed E-state index contributed by atoms with van der Waals surface area (Å²) in [5.74, 6) is -3.23. The van der Waals surface area contributed by atoms with Crippen molar-refractivity contribution in [2.24, 2.45) is 11.8 Å². The summed E-state index contributed by atoms with van der Waals surface area (Å²) in [6.45, 7) is 5.12. The van der Waals surface area contributed by atoms with E-state index in [1.54, 1.807) is 6.92 Å². The fraction of sp³-hybridized carbons (Fsp3) is 0.821. The first-order chi connectivity index (χ1) is 18.7. The number of piperidine rings is 1. The lowest BCUT2D eigenvalue weighted by Gasteiger charge is -2.39. The number of rotatable bonds is 16.